The van der Waals surface area contributed by atoms with Crippen LogP contribution in [0.1, 0.15) is 31.2 Å². The summed E-state index contributed by atoms with van der Waals surface area (Å²) in [6, 6.07) is 4.80. The van der Waals surface area contributed by atoms with E-state index in [2.05, 4.69) is 0 Å². The van der Waals surface area contributed by atoms with Gasteiger partial charge in [0.2, 0.25) is 0 Å². The fourth-order valence-electron chi connectivity index (χ4n) is 2.58. The predicted molar refractivity (Wildman–Crippen MR) is 71.3 cm³/mol. The maximum absolute atomic E-state index is 13.0. The Morgan fingerprint density at radius 3 is 2.72 bits per heavy atom. The number of rotatable bonds is 5. The zero-order chi connectivity index (χ0) is 13.2. The molecule has 0 aliphatic heterocycles. The summed E-state index contributed by atoms with van der Waals surface area (Å²) in [5.41, 5.74) is 7.10. The highest BCUT2D eigenvalue weighted by atomic mass is 35.5. The van der Waals surface area contributed by atoms with Crippen molar-refractivity contribution >= 4 is 11.6 Å². The second kappa shape index (κ2) is 5.55. The molecule has 1 aromatic carbocycles. The minimum atomic E-state index is -0.388. The van der Waals surface area contributed by atoms with Crippen LogP contribution in [-0.4, -0.2) is 18.8 Å². The topological polar surface area (TPSA) is 35.2 Å². The van der Waals surface area contributed by atoms with Gasteiger partial charge < -0.3 is 10.5 Å². The maximum atomic E-state index is 13.0. The molecule has 2 nitrogen and oxygen atoms in total. The molecule has 2 rings (SSSR count). The summed E-state index contributed by atoms with van der Waals surface area (Å²) >= 11 is 5.76. The van der Waals surface area contributed by atoms with Gasteiger partial charge in [0.1, 0.15) is 5.82 Å². The summed E-state index contributed by atoms with van der Waals surface area (Å²) < 4.78 is 18.6. The molecule has 100 valence electrons. The van der Waals surface area contributed by atoms with Gasteiger partial charge in [-0.25, -0.2) is 4.39 Å². The first-order chi connectivity index (χ1) is 8.54. The normalized spacial score (nSPS) is 19.3. The SMILES string of the molecule is COC1(CC(N)Cc2ccc(F)c(Cl)c2)CCC1. The van der Waals surface area contributed by atoms with Crippen LogP contribution in [0, 0.1) is 5.82 Å². The van der Waals surface area contributed by atoms with E-state index in [9.17, 15) is 4.39 Å². The van der Waals surface area contributed by atoms with Crippen LogP contribution in [-0.2, 0) is 11.2 Å². The third kappa shape index (κ3) is 3.02. The number of hydrogen-bond acceptors (Lipinski definition) is 2. The molecule has 1 fully saturated rings. The first-order valence-electron chi connectivity index (χ1n) is 6.29. The predicted octanol–water partition coefficient (Wildman–Crippen LogP) is 3.31. The Bertz CT molecular complexity index is 415. The minimum Gasteiger partial charge on any atom is -0.378 e. The lowest BCUT2D eigenvalue weighted by molar-refractivity contribution is -0.0813. The molecule has 1 aliphatic rings. The number of methoxy groups -OCH3 is 1. The molecule has 0 radical (unpaired) electrons. The Kier molecular flexibility index (Phi) is 4.25. The van der Waals surface area contributed by atoms with Gasteiger partial charge in [-0.05, 0) is 49.8 Å². The van der Waals surface area contributed by atoms with Gasteiger partial charge in [0.25, 0.3) is 0 Å². The van der Waals surface area contributed by atoms with Gasteiger partial charge >= 0.3 is 0 Å². The summed E-state index contributed by atoms with van der Waals surface area (Å²) in [6.07, 6.45) is 4.93. The molecule has 0 amide bonds. The highest BCUT2D eigenvalue weighted by Gasteiger charge is 2.38. The van der Waals surface area contributed by atoms with Crippen LogP contribution < -0.4 is 5.73 Å². The molecule has 18 heavy (non-hydrogen) atoms. The number of benzene rings is 1. The van der Waals surface area contributed by atoms with Crippen molar-refractivity contribution in [2.45, 2.75) is 43.7 Å². The van der Waals surface area contributed by atoms with Crippen LogP contribution in [0.2, 0.25) is 5.02 Å². The fraction of sp³-hybridized carbons (Fsp3) is 0.571. The summed E-state index contributed by atoms with van der Waals surface area (Å²) in [7, 11) is 1.75. The van der Waals surface area contributed by atoms with Gasteiger partial charge in [-0.15, -0.1) is 0 Å². The Morgan fingerprint density at radius 1 is 1.50 bits per heavy atom. The lowest BCUT2D eigenvalue weighted by Crippen LogP contribution is -2.44. The lowest BCUT2D eigenvalue weighted by atomic mass is 9.75. The molecule has 1 aliphatic carbocycles. The summed E-state index contributed by atoms with van der Waals surface area (Å²) in [5.74, 6) is -0.388. The molecule has 1 saturated carbocycles. The van der Waals surface area contributed by atoms with E-state index in [0.29, 0.717) is 6.42 Å². The van der Waals surface area contributed by atoms with Crippen molar-refractivity contribution in [1.82, 2.24) is 0 Å². The van der Waals surface area contributed by atoms with Crippen LogP contribution in [0.3, 0.4) is 0 Å². The van der Waals surface area contributed by atoms with Gasteiger partial charge in [0.05, 0.1) is 10.6 Å². The van der Waals surface area contributed by atoms with Crippen molar-refractivity contribution in [3.8, 4) is 0 Å². The molecule has 1 unspecified atom stereocenters. The third-order valence-corrected chi connectivity index (χ3v) is 4.10. The standard InChI is InChI=1S/C14H19ClFNO/c1-18-14(5-2-6-14)9-11(17)7-10-3-4-13(16)12(15)8-10/h3-4,8,11H,2,5-7,9,17H2,1H3. The van der Waals surface area contributed by atoms with Gasteiger partial charge in [-0.3, -0.25) is 0 Å². The summed E-state index contributed by atoms with van der Waals surface area (Å²) in [5, 5.41) is 0.157. The molecule has 2 N–H and O–H groups in total. The van der Waals surface area contributed by atoms with Crippen molar-refractivity contribution < 1.29 is 9.13 Å². The maximum Gasteiger partial charge on any atom is 0.141 e. The Morgan fingerprint density at radius 2 is 2.22 bits per heavy atom. The smallest absolute Gasteiger partial charge is 0.141 e. The zero-order valence-corrected chi connectivity index (χ0v) is 11.3. The van der Waals surface area contributed by atoms with Crippen LogP contribution in [0.15, 0.2) is 18.2 Å². The van der Waals surface area contributed by atoms with Crippen molar-refractivity contribution in [3.63, 3.8) is 0 Å². The van der Waals surface area contributed by atoms with Gasteiger partial charge in [-0.1, -0.05) is 17.7 Å². The minimum absolute atomic E-state index is 0.0202. The highest BCUT2D eigenvalue weighted by Crippen LogP contribution is 2.39. The molecule has 0 bridgehead atoms. The Hall–Kier alpha value is -0.640. The molecule has 0 aromatic heterocycles. The van der Waals surface area contributed by atoms with Crippen LogP contribution in [0.4, 0.5) is 4.39 Å². The molecular weight excluding hydrogens is 253 g/mol. The number of ether oxygens (including phenoxy) is 1. The molecule has 1 aromatic rings. The van der Waals surface area contributed by atoms with Crippen LogP contribution in [0.5, 0.6) is 0 Å². The van der Waals surface area contributed by atoms with Crippen LogP contribution >= 0.6 is 11.6 Å². The second-order valence-electron chi connectivity index (χ2n) is 5.16. The quantitative estimate of drug-likeness (QED) is 0.892. The molecule has 1 atom stereocenters. The molecule has 0 saturated heterocycles. The molecule has 0 heterocycles. The van der Waals surface area contributed by atoms with E-state index in [1.807, 2.05) is 0 Å². The fourth-order valence-corrected chi connectivity index (χ4v) is 2.79. The van der Waals surface area contributed by atoms with E-state index in [-0.39, 0.29) is 22.5 Å². The van der Waals surface area contributed by atoms with E-state index in [1.165, 1.54) is 12.5 Å². The van der Waals surface area contributed by atoms with Crippen molar-refractivity contribution in [1.29, 1.82) is 0 Å². The monoisotopic (exact) mass is 271 g/mol. The highest BCUT2D eigenvalue weighted by molar-refractivity contribution is 6.30. The van der Waals surface area contributed by atoms with Gasteiger partial charge in [0, 0.05) is 13.2 Å². The van der Waals surface area contributed by atoms with Crippen LogP contribution in [0.25, 0.3) is 0 Å². The Labute approximate surface area is 112 Å². The number of nitrogens with two attached hydrogens (primary N) is 1. The molecule has 4 heteroatoms. The van der Waals surface area contributed by atoms with E-state index in [4.69, 9.17) is 22.1 Å². The molecular formula is C14H19ClFNO. The second-order valence-corrected chi connectivity index (χ2v) is 5.56. The summed E-state index contributed by atoms with van der Waals surface area (Å²) in [6.45, 7) is 0. The number of halogens is 2. The van der Waals surface area contributed by atoms with Gasteiger partial charge in [-0.2, -0.15) is 0 Å². The van der Waals surface area contributed by atoms with E-state index < -0.39 is 0 Å². The van der Waals surface area contributed by atoms with Gasteiger partial charge in [0.15, 0.2) is 0 Å². The van der Waals surface area contributed by atoms with E-state index in [0.717, 1.165) is 24.8 Å². The summed E-state index contributed by atoms with van der Waals surface area (Å²) in [4.78, 5) is 0. The van der Waals surface area contributed by atoms with E-state index in [1.54, 1.807) is 19.2 Å². The number of hydrogen-bond donors (Lipinski definition) is 1. The average Bonchev–Trinajstić information content (AvgIpc) is 2.29. The van der Waals surface area contributed by atoms with Crippen molar-refractivity contribution in [3.05, 3.63) is 34.6 Å². The lowest BCUT2D eigenvalue weighted by Gasteiger charge is -2.42. The van der Waals surface area contributed by atoms with E-state index >= 15 is 0 Å². The Balaban J connectivity index is 1.94. The zero-order valence-electron chi connectivity index (χ0n) is 10.6. The molecule has 0 spiro atoms. The van der Waals surface area contributed by atoms with Crippen molar-refractivity contribution in [2.75, 3.05) is 7.11 Å². The van der Waals surface area contributed by atoms with Crippen molar-refractivity contribution in [2.24, 2.45) is 5.73 Å². The first-order valence-corrected chi connectivity index (χ1v) is 6.67. The average molecular weight is 272 g/mol. The first kappa shape index (κ1) is 13.8. The third-order valence-electron chi connectivity index (χ3n) is 3.81. The largest absolute Gasteiger partial charge is 0.378 e.